The summed E-state index contributed by atoms with van der Waals surface area (Å²) < 4.78 is 61.0. The average molecular weight is 607 g/mol. The van der Waals surface area contributed by atoms with Gasteiger partial charge in [0.15, 0.2) is 0 Å². The van der Waals surface area contributed by atoms with Crippen LogP contribution in [0.4, 0.5) is 19.3 Å². The van der Waals surface area contributed by atoms with Crippen molar-refractivity contribution in [2.24, 2.45) is 5.92 Å². The molecular weight excluding hydrogens is 566 g/mol. The number of ether oxygens (including phenoxy) is 1. The number of rotatable bonds is 10. The Morgan fingerprint density at radius 2 is 1.88 bits per heavy atom. The fourth-order valence-electron chi connectivity index (χ4n) is 5.91. The van der Waals surface area contributed by atoms with Crippen LogP contribution in [0.5, 0.6) is 0 Å². The number of fused-ring (bicyclic) bond motifs is 2. The Bertz CT molecular complexity index is 1360. The second kappa shape index (κ2) is 13.9. The van der Waals surface area contributed by atoms with Crippen LogP contribution in [0, 0.1) is 17.6 Å². The monoisotopic (exact) mass is 606 g/mol. The van der Waals surface area contributed by atoms with Crippen molar-refractivity contribution in [1.82, 2.24) is 14.9 Å². The molecule has 12 heteroatoms. The fourth-order valence-corrected chi connectivity index (χ4v) is 7.72. The predicted molar refractivity (Wildman–Crippen MR) is 157 cm³/mol. The summed E-state index contributed by atoms with van der Waals surface area (Å²) in [6.45, 7) is 4.82. The molecule has 230 valence electrons. The zero-order valence-electron chi connectivity index (χ0n) is 24.2. The highest BCUT2D eigenvalue weighted by molar-refractivity contribution is 7.89. The van der Waals surface area contributed by atoms with Gasteiger partial charge in [-0.2, -0.15) is 4.31 Å². The summed E-state index contributed by atoms with van der Waals surface area (Å²) >= 11 is 0. The van der Waals surface area contributed by atoms with E-state index in [-0.39, 0.29) is 41.4 Å². The van der Waals surface area contributed by atoms with Gasteiger partial charge in [0.05, 0.1) is 12.9 Å². The van der Waals surface area contributed by atoms with Gasteiger partial charge in [0.25, 0.3) is 0 Å². The van der Waals surface area contributed by atoms with E-state index in [9.17, 15) is 22.4 Å². The molecule has 9 nitrogen and oxygen atoms in total. The number of hydrogen-bond donors (Lipinski definition) is 3. The van der Waals surface area contributed by atoms with Gasteiger partial charge in [0, 0.05) is 42.3 Å². The first-order valence-electron chi connectivity index (χ1n) is 14.4. The van der Waals surface area contributed by atoms with Crippen LogP contribution < -0.4 is 16.0 Å². The molecule has 0 spiro atoms. The van der Waals surface area contributed by atoms with Crippen LogP contribution in [-0.2, 0) is 26.0 Å². The van der Waals surface area contributed by atoms with E-state index in [0.29, 0.717) is 37.9 Å². The van der Waals surface area contributed by atoms with E-state index in [1.54, 1.807) is 22.5 Å². The van der Waals surface area contributed by atoms with Gasteiger partial charge in [-0.15, -0.1) is 0 Å². The number of nitrogens with one attached hydrogen (secondary N) is 3. The van der Waals surface area contributed by atoms with Gasteiger partial charge in [-0.25, -0.2) is 22.0 Å². The van der Waals surface area contributed by atoms with E-state index in [0.717, 1.165) is 6.42 Å². The summed E-state index contributed by atoms with van der Waals surface area (Å²) in [5, 5.41) is 8.84. The molecule has 2 bridgehead atoms. The first-order valence-corrected chi connectivity index (χ1v) is 16.0. The van der Waals surface area contributed by atoms with Crippen molar-refractivity contribution in [3.05, 3.63) is 65.2 Å². The van der Waals surface area contributed by atoms with Crippen LogP contribution in [0.2, 0.25) is 0 Å². The Morgan fingerprint density at radius 1 is 1.14 bits per heavy atom. The number of piperazine rings is 1. The fraction of sp³-hybridized carbons (Fsp3) is 0.533. The smallest absolute Gasteiger partial charge is 0.407 e. The molecule has 2 amide bonds. The molecular formula is C30H40F2N4O5S. The second-order valence-corrected chi connectivity index (χ2v) is 13.5. The number of sulfonamides is 1. The van der Waals surface area contributed by atoms with Crippen molar-refractivity contribution < 1.29 is 31.5 Å². The van der Waals surface area contributed by atoms with Crippen molar-refractivity contribution >= 4 is 27.7 Å². The number of carbonyl (C=O) groups is 2. The summed E-state index contributed by atoms with van der Waals surface area (Å²) in [5.74, 6) is -1.84. The molecule has 4 rings (SSSR count). The first-order chi connectivity index (χ1) is 20.0. The largest absolute Gasteiger partial charge is 0.453 e. The zero-order valence-corrected chi connectivity index (χ0v) is 25.1. The maximum atomic E-state index is 15.2. The Kier molecular flexibility index (Phi) is 10.6. The van der Waals surface area contributed by atoms with E-state index in [1.807, 2.05) is 13.8 Å². The third kappa shape index (κ3) is 7.84. The topological polar surface area (TPSA) is 117 Å². The van der Waals surface area contributed by atoms with Crippen LogP contribution in [0.25, 0.3) is 0 Å². The number of benzene rings is 2. The molecule has 3 N–H and O–H groups in total. The van der Waals surface area contributed by atoms with Gasteiger partial charge < -0.3 is 20.7 Å². The number of carbonyl (C=O) groups excluding carboxylic acids is 2. The number of alkyl carbamates (subject to hydrolysis) is 1. The number of methoxy groups -OCH3 is 1. The van der Waals surface area contributed by atoms with Gasteiger partial charge in [0.1, 0.15) is 17.7 Å². The highest BCUT2D eigenvalue weighted by Gasteiger charge is 2.38. The number of halogens is 2. The molecule has 42 heavy (non-hydrogen) atoms. The standard InChI is InChI=1S/C30H40F2N4O5S/c1-19(2)16-25(20-9-11-21(31)12-10-20)28(35-30(38)41-3)29(37)34-27-8-4-7-26(32)24(27)14-13-23-17-33-22-6-5-15-42(39,40)36(23)18-22/h4,7-12,19,22-23,25,28,33H,5-6,13-18H2,1-3H3,(H,34,37)(H,35,38). The molecule has 5 atom stereocenters. The molecule has 2 aromatic carbocycles. The maximum absolute atomic E-state index is 15.2. The Hall–Kier alpha value is -3.09. The van der Waals surface area contributed by atoms with Crippen LogP contribution in [0.15, 0.2) is 42.5 Å². The lowest BCUT2D eigenvalue weighted by atomic mass is 9.84. The van der Waals surface area contributed by atoms with Gasteiger partial charge in [-0.3, -0.25) is 4.79 Å². The molecule has 2 aliphatic rings. The Labute approximate surface area is 246 Å². The Balaban J connectivity index is 1.58. The minimum absolute atomic E-state index is 0.100. The van der Waals surface area contributed by atoms with Gasteiger partial charge in [-0.05, 0) is 67.9 Å². The van der Waals surface area contributed by atoms with Crippen molar-refractivity contribution in [3.63, 3.8) is 0 Å². The van der Waals surface area contributed by atoms with Crippen LogP contribution in [0.1, 0.15) is 56.6 Å². The number of anilines is 1. The molecule has 2 aliphatic heterocycles. The lowest BCUT2D eigenvalue weighted by Crippen LogP contribution is -2.57. The summed E-state index contributed by atoms with van der Waals surface area (Å²) in [5.41, 5.74) is 1.14. The second-order valence-electron chi connectivity index (χ2n) is 11.5. The minimum atomic E-state index is -3.40. The van der Waals surface area contributed by atoms with Crippen LogP contribution >= 0.6 is 0 Å². The van der Waals surface area contributed by atoms with Gasteiger partial charge in [-0.1, -0.05) is 32.0 Å². The van der Waals surface area contributed by atoms with Gasteiger partial charge in [0.2, 0.25) is 15.9 Å². The molecule has 2 heterocycles. The average Bonchev–Trinajstić information content (AvgIpc) is 3.06. The van der Waals surface area contributed by atoms with E-state index in [1.165, 1.54) is 31.4 Å². The van der Waals surface area contributed by atoms with Crippen molar-refractivity contribution in [3.8, 4) is 0 Å². The lowest BCUT2D eigenvalue weighted by molar-refractivity contribution is -0.118. The van der Waals surface area contributed by atoms with E-state index in [4.69, 9.17) is 4.74 Å². The Morgan fingerprint density at radius 3 is 2.57 bits per heavy atom. The molecule has 0 radical (unpaired) electrons. The SMILES string of the molecule is COC(=O)NC(C(=O)Nc1cccc(F)c1CCC1CNC2CCCS(=O)(=O)N1C2)C(CC(C)C)c1ccc(F)cc1. The highest BCUT2D eigenvalue weighted by atomic mass is 32.2. The molecule has 0 saturated carbocycles. The highest BCUT2D eigenvalue weighted by Crippen LogP contribution is 2.31. The minimum Gasteiger partial charge on any atom is -0.453 e. The number of amides is 2. The molecule has 0 aromatic heterocycles. The quantitative estimate of drug-likeness (QED) is 0.374. The van der Waals surface area contributed by atoms with Crippen LogP contribution in [-0.4, -0.2) is 68.8 Å². The molecule has 2 aromatic rings. The van der Waals surface area contributed by atoms with Crippen LogP contribution in [0.3, 0.4) is 0 Å². The van der Waals surface area contributed by atoms with Gasteiger partial charge >= 0.3 is 6.09 Å². The molecule has 2 fully saturated rings. The number of hydrogen-bond acceptors (Lipinski definition) is 6. The molecule has 0 aliphatic carbocycles. The predicted octanol–water partition coefficient (Wildman–Crippen LogP) is 4.16. The van der Waals surface area contributed by atoms with E-state index < -0.39 is 45.6 Å². The van der Waals surface area contributed by atoms with Crippen molar-refractivity contribution in [2.45, 2.75) is 70.0 Å². The summed E-state index contributed by atoms with van der Waals surface area (Å²) in [6.07, 6.45) is 1.62. The van der Waals surface area contributed by atoms with E-state index >= 15 is 4.39 Å². The normalized spacial score (nSPS) is 23.0. The summed E-state index contributed by atoms with van der Waals surface area (Å²) in [6, 6.07) is 8.78. The van der Waals surface area contributed by atoms with Crippen molar-refractivity contribution in [1.29, 1.82) is 0 Å². The lowest BCUT2D eigenvalue weighted by Gasteiger charge is -2.37. The summed E-state index contributed by atoms with van der Waals surface area (Å²) in [7, 11) is -2.21. The molecule has 5 unspecified atom stereocenters. The number of nitrogens with zero attached hydrogens (tertiary/aromatic N) is 1. The summed E-state index contributed by atoms with van der Waals surface area (Å²) in [4.78, 5) is 26.1. The first kappa shape index (κ1) is 31.8. The third-order valence-corrected chi connectivity index (χ3v) is 10.00. The zero-order chi connectivity index (χ0) is 30.4. The van der Waals surface area contributed by atoms with E-state index in [2.05, 4.69) is 16.0 Å². The molecule has 2 saturated heterocycles. The van der Waals surface area contributed by atoms with Crippen molar-refractivity contribution in [2.75, 3.05) is 31.3 Å². The third-order valence-electron chi connectivity index (χ3n) is 8.03. The maximum Gasteiger partial charge on any atom is 0.407 e.